The molecule has 28 nitrogen and oxygen atoms in total. The van der Waals surface area contributed by atoms with E-state index in [0.717, 1.165) is 6.29 Å². The lowest BCUT2D eigenvalue weighted by Gasteiger charge is -2.24. The van der Waals surface area contributed by atoms with Crippen molar-refractivity contribution < 1.29 is 138 Å². The average molecular weight is 1980 g/mol. The number of ketones is 1. The second-order valence-corrected chi connectivity index (χ2v) is 36.1. The molecule has 23 atom stereocenters. The van der Waals surface area contributed by atoms with E-state index in [-0.39, 0.29) is 219 Å². The maximum absolute atomic E-state index is 14.5. The zero-order chi connectivity index (χ0) is 97.8. The van der Waals surface area contributed by atoms with Crippen LogP contribution in [0.15, 0.2) is 297 Å². The molecule has 0 spiro atoms. The van der Waals surface area contributed by atoms with Crippen LogP contribution in [0.4, 0.5) is 4.39 Å². The summed E-state index contributed by atoms with van der Waals surface area (Å²) in [5.41, 5.74) is 2.37. The van der Waals surface area contributed by atoms with Crippen LogP contribution in [0.2, 0.25) is 0 Å². The molecule has 0 unspecified atom stereocenters. The van der Waals surface area contributed by atoms with Gasteiger partial charge in [-0.3, -0.25) is 28.8 Å². The van der Waals surface area contributed by atoms with Gasteiger partial charge in [-0.05, 0) is 141 Å². The lowest BCUT2D eigenvalue weighted by molar-refractivity contribution is -0.143. The number of rotatable bonds is 33. The van der Waals surface area contributed by atoms with Crippen molar-refractivity contribution in [1.82, 2.24) is 0 Å². The van der Waals surface area contributed by atoms with Gasteiger partial charge in [-0.15, -0.1) is 0 Å². The van der Waals surface area contributed by atoms with Crippen LogP contribution in [-0.2, 0) is 80.9 Å². The minimum atomic E-state index is -1.15. The lowest BCUT2D eigenvalue weighted by Crippen LogP contribution is -2.28. The maximum Gasteiger partial charge on any atom is 0.338 e. The molecule has 29 heteroatoms. The van der Waals surface area contributed by atoms with Gasteiger partial charge in [-0.1, -0.05) is 212 Å². The molecule has 5 aliphatic heterocycles. The SMILES string of the molecule is C.C.C.C.O=C(/C=C/[C@@H]1[C@H]2CC(=O)O[C@H]2C[C@H]1OC(=O)c1ccccc1)COc1ccccc1.O=C1C[C@@H]2[C@@H](/C=C/[C@H](O)COc3ccccc3)[C@H](OC(=O)c3ccccc3)C[C@@H]2O1.O=C1C[C@@H]2[C@@H](CC[C@@H](F)COc3ccccc3)[C@H](OC(=O)c3ccccc3)C[C@@H]2O1.O=C1C[C@@H]2[C@@H](CC[C@H](O)COc3ccccc3)[C@H](OC(=O)c3ccccc3)C[C@@H]2O1.O=C[C@@H]1[C@H]2CC(=O)O[C@H]2C[C@H]1OC(=O)c1ccccc1. The summed E-state index contributed by atoms with van der Waals surface area (Å²) in [4.78, 5) is 144. The molecule has 0 amide bonds. The number of carbonyl (C=O) groups excluding carboxylic acids is 12. The summed E-state index contributed by atoms with van der Waals surface area (Å²) in [5.74, 6) is -2.24. The molecule has 9 aromatic carbocycles. The summed E-state index contributed by atoms with van der Waals surface area (Å²) < 4.78 is 91.8. The summed E-state index contributed by atoms with van der Waals surface area (Å²) in [6.45, 7) is 0.167. The summed E-state index contributed by atoms with van der Waals surface area (Å²) >= 11 is 0. The van der Waals surface area contributed by atoms with Gasteiger partial charge in [-0.25, -0.2) is 28.4 Å². The fourth-order valence-electron chi connectivity index (χ4n) is 20.0. The molecular weight excluding hydrogens is 1850 g/mol. The van der Waals surface area contributed by atoms with E-state index in [2.05, 4.69) is 0 Å². The fourth-order valence-corrected chi connectivity index (χ4v) is 20.0. The lowest BCUT2D eigenvalue weighted by atomic mass is 9.87. The van der Waals surface area contributed by atoms with Gasteiger partial charge in [-0.2, -0.15) is 0 Å². The Balaban J connectivity index is 0.000000171. The topological polar surface area (TPSA) is 375 Å². The van der Waals surface area contributed by atoms with Gasteiger partial charge in [0, 0.05) is 85.4 Å². The molecule has 5 heterocycles. The van der Waals surface area contributed by atoms with Gasteiger partial charge < -0.3 is 81.3 Å². The number of hydrogen-bond donors (Lipinski definition) is 2. The van der Waals surface area contributed by atoms with E-state index in [9.17, 15) is 72.1 Å². The predicted molar refractivity (Wildman–Crippen MR) is 528 cm³/mol. The highest BCUT2D eigenvalue weighted by molar-refractivity contribution is 5.93. The first kappa shape index (κ1) is 110. The van der Waals surface area contributed by atoms with Crippen LogP contribution in [0.3, 0.4) is 0 Å². The molecular formula is C115H127FO28. The monoisotopic (exact) mass is 1970 g/mol. The predicted octanol–water partition coefficient (Wildman–Crippen LogP) is 18.2. The summed E-state index contributed by atoms with van der Waals surface area (Å²) in [6, 6.07) is 80.6. The quantitative estimate of drug-likeness (QED) is 0.0127. The van der Waals surface area contributed by atoms with E-state index in [1.807, 2.05) is 133 Å². The van der Waals surface area contributed by atoms with Crippen molar-refractivity contribution in [3.8, 4) is 23.0 Å². The number of halogens is 1. The highest BCUT2D eigenvalue weighted by Crippen LogP contribution is 2.50. The Morgan fingerprint density at radius 3 is 0.931 bits per heavy atom. The van der Waals surface area contributed by atoms with E-state index in [4.69, 9.17) is 66.3 Å². The van der Waals surface area contributed by atoms with Crippen molar-refractivity contribution in [2.75, 3.05) is 26.4 Å². The van der Waals surface area contributed by atoms with Crippen LogP contribution in [-0.4, -0.2) is 188 Å². The van der Waals surface area contributed by atoms with Gasteiger partial charge in [0.25, 0.3) is 0 Å². The van der Waals surface area contributed by atoms with Crippen molar-refractivity contribution in [3.63, 3.8) is 0 Å². The highest BCUT2D eigenvalue weighted by atomic mass is 19.1. The van der Waals surface area contributed by atoms with Crippen molar-refractivity contribution in [3.05, 3.63) is 325 Å². The van der Waals surface area contributed by atoms with Crippen LogP contribution >= 0.6 is 0 Å². The minimum absolute atomic E-state index is 0. The number of aliphatic hydroxyl groups excluding tert-OH is 2. The third-order valence-electron chi connectivity index (χ3n) is 26.8. The number of fused-ring (bicyclic) bond motifs is 5. The third-order valence-corrected chi connectivity index (χ3v) is 26.8. The zero-order valence-electron chi connectivity index (χ0n) is 76.8. The summed E-state index contributed by atoms with van der Waals surface area (Å²) in [6.07, 6.45) is 6.95. The van der Waals surface area contributed by atoms with Crippen LogP contribution in [0.1, 0.15) is 171 Å². The molecule has 2 N–H and O–H groups in total. The zero-order valence-corrected chi connectivity index (χ0v) is 76.8. The number of esters is 10. The number of hydrogen-bond acceptors (Lipinski definition) is 28. The molecule has 10 fully saturated rings. The normalized spacial score (nSPS) is 25.9. The third kappa shape index (κ3) is 30.3. The Bertz CT molecular complexity index is 5550. The standard InChI is InChI=1S/C24H25FO5.C24H26O6.C24H24O6.C24H22O6.C15H14O5.4CH4/c4*25-17(15-28-18-9-5-2-6-10-18)11-12-19-20-13-23(26)29-22(20)14-21(19)30-24(27)16-7-3-1-4-8-16;16-8-11-10-6-14(17)19-12(10)7-13(11)20-15(18)9-4-2-1-3-5-9;;;;/h1-10,17,19-22H,11-15H2;1-10,17,19-22,25H,11-15H2;1-12,17,19-22,25H,13-15H2;1-12,19-22H,13-15H2;1-5,8,10-13H,6-7H2;4*1H4/b;;2*12-11+;;;;;/t17-,19-,20-,21-,22+;2*17-,19+,20+,21+,22-;19-,20-,21-,22+;10-,11-,12+,13-;;;;/m10011..../s1. The van der Waals surface area contributed by atoms with Crippen molar-refractivity contribution in [2.45, 2.75) is 199 Å². The number of benzene rings is 9. The smallest absolute Gasteiger partial charge is 0.338 e. The number of aliphatic hydroxyl groups is 2. The van der Waals surface area contributed by atoms with E-state index in [0.29, 0.717) is 115 Å². The van der Waals surface area contributed by atoms with Crippen LogP contribution in [0.5, 0.6) is 23.0 Å². The van der Waals surface area contributed by atoms with Crippen molar-refractivity contribution in [2.24, 2.45) is 59.2 Å². The number of carbonyl (C=O) groups is 12. The number of aldehydes is 1. The molecule has 0 aromatic heterocycles. The molecule has 19 rings (SSSR count). The Morgan fingerprint density at radius 1 is 0.326 bits per heavy atom. The van der Waals surface area contributed by atoms with Crippen molar-refractivity contribution >= 4 is 71.8 Å². The van der Waals surface area contributed by atoms with Crippen LogP contribution in [0.25, 0.3) is 0 Å². The van der Waals surface area contributed by atoms with Gasteiger partial charge in [0.2, 0.25) is 0 Å². The number of para-hydroxylation sites is 4. The largest absolute Gasteiger partial charge is 0.491 e. The average Bonchev–Trinajstić information content (AvgIpc) is 1.64. The Kier molecular flexibility index (Phi) is 41.3. The van der Waals surface area contributed by atoms with Gasteiger partial charge in [0.15, 0.2) is 12.4 Å². The van der Waals surface area contributed by atoms with Gasteiger partial charge >= 0.3 is 59.7 Å². The first-order valence-corrected chi connectivity index (χ1v) is 47.4. The molecule has 0 radical (unpaired) electrons. The van der Waals surface area contributed by atoms with E-state index < -0.39 is 66.5 Å². The fraction of sp³-hybridized carbons (Fsp3) is 0.391. The minimum Gasteiger partial charge on any atom is -0.491 e. The molecule has 762 valence electrons. The molecule has 9 aromatic rings. The molecule has 0 bridgehead atoms. The number of alkyl halides is 1. The van der Waals surface area contributed by atoms with Crippen LogP contribution in [0, 0.1) is 59.2 Å². The highest BCUT2D eigenvalue weighted by Gasteiger charge is 2.56. The van der Waals surface area contributed by atoms with Gasteiger partial charge in [0.1, 0.15) is 122 Å². The van der Waals surface area contributed by atoms with E-state index in [1.165, 1.54) is 6.08 Å². The second kappa shape index (κ2) is 54.1. The maximum atomic E-state index is 14.5. The second-order valence-electron chi connectivity index (χ2n) is 36.1. The Hall–Kier alpha value is -14.5. The molecule has 5 saturated carbocycles. The first-order valence-electron chi connectivity index (χ1n) is 47.4. The van der Waals surface area contributed by atoms with Gasteiger partial charge in [0.05, 0.1) is 71.9 Å². The van der Waals surface area contributed by atoms with Crippen LogP contribution < -0.4 is 18.9 Å². The molecule has 5 saturated heterocycles. The summed E-state index contributed by atoms with van der Waals surface area (Å²) in [5, 5.41) is 20.7. The molecule has 10 aliphatic rings. The summed E-state index contributed by atoms with van der Waals surface area (Å²) in [7, 11) is 0. The number of ether oxygens (including phenoxy) is 14. The van der Waals surface area contributed by atoms with Crippen molar-refractivity contribution in [1.29, 1.82) is 0 Å². The Labute approximate surface area is 838 Å². The molecule has 144 heavy (non-hydrogen) atoms. The molecule has 5 aliphatic carbocycles. The Morgan fingerprint density at radius 2 is 0.590 bits per heavy atom. The van der Waals surface area contributed by atoms with E-state index >= 15 is 0 Å². The van der Waals surface area contributed by atoms with E-state index in [1.54, 1.807) is 158 Å². The first-order chi connectivity index (χ1) is 68.1.